The summed E-state index contributed by atoms with van der Waals surface area (Å²) >= 11 is 0. The molecule has 3 N–H and O–H groups in total. The van der Waals surface area contributed by atoms with Crippen LogP contribution in [0.4, 0.5) is 11.6 Å². The first kappa shape index (κ1) is 21.1. The molecular weight excluding hydrogens is 408 g/mol. The number of aliphatic hydroxyl groups excluding tert-OH is 2. The van der Waals surface area contributed by atoms with E-state index in [1.807, 2.05) is 4.68 Å². The van der Waals surface area contributed by atoms with Crippen LogP contribution in [-0.4, -0.2) is 67.8 Å². The van der Waals surface area contributed by atoms with Gasteiger partial charge in [0.1, 0.15) is 5.75 Å². The van der Waals surface area contributed by atoms with Crippen molar-refractivity contribution in [3.8, 4) is 5.75 Å². The molecule has 1 aliphatic carbocycles. The molecular formula is C23H30N6O3. The summed E-state index contributed by atoms with van der Waals surface area (Å²) in [4.78, 5) is 11.5. The molecule has 0 bridgehead atoms. The Hall–Kier alpha value is -2.75. The molecule has 1 aliphatic heterocycles. The Morgan fingerprint density at radius 1 is 1.16 bits per heavy atom. The number of ether oxygens (including phenoxy) is 1. The average Bonchev–Trinajstić information content (AvgIpc) is 3.22. The van der Waals surface area contributed by atoms with E-state index in [9.17, 15) is 10.2 Å². The van der Waals surface area contributed by atoms with Crippen LogP contribution in [0.5, 0.6) is 5.75 Å². The van der Waals surface area contributed by atoms with E-state index in [0.717, 1.165) is 67.7 Å². The largest absolute Gasteiger partial charge is 0.495 e. The van der Waals surface area contributed by atoms with E-state index in [0.29, 0.717) is 12.5 Å². The summed E-state index contributed by atoms with van der Waals surface area (Å²) in [6.07, 6.45) is 7.71. The van der Waals surface area contributed by atoms with Crippen LogP contribution in [0.1, 0.15) is 42.9 Å². The molecule has 32 heavy (non-hydrogen) atoms. The maximum Gasteiger partial charge on any atom is 0.229 e. The molecule has 9 nitrogen and oxygen atoms in total. The molecule has 1 aromatic carbocycles. The lowest BCUT2D eigenvalue weighted by Gasteiger charge is -2.29. The number of aromatic nitrogens is 4. The van der Waals surface area contributed by atoms with Crippen molar-refractivity contribution < 1.29 is 14.9 Å². The van der Waals surface area contributed by atoms with Crippen LogP contribution in [0, 0.1) is 0 Å². The molecule has 1 fully saturated rings. The molecule has 1 saturated carbocycles. The maximum absolute atomic E-state index is 9.83. The standard InChI is InChI=1S/C23H30N6O3/c1-32-21-11-15-6-7-28(8-9-30)14-16(15)10-20(21)26-23-24-12-17-13-25-29(22(17)27-23)18-2-4-19(31)5-3-18/h10-13,18-19,30-31H,2-9,14H2,1H3,(H,24,26,27)/t18-,19-. The Labute approximate surface area is 187 Å². The lowest BCUT2D eigenvalue weighted by Crippen LogP contribution is -2.32. The van der Waals surface area contributed by atoms with Crippen LogP contribution in [0.15, 0.2) is 24.5 Å². The molecule has 0 amide bonds. The normalized spacial score (nSPS) is 21.5. The van der Waals surface area contributed by atoms with Gasteiger partial charge in [0, 0.05) is 25.8 Å². The van der Waals surface area contributed by atoms with Crippen LogP contribution in [-0.2, 0) is 13.0 Å². The minimum atomic E-state index is -0.204. The van der Waals surface area contributed by atoms with Gasteiger partial charge in [-0.15, -0.1) is 0 Å². The zero-order valence-corrected chi connectivity index (χ0v) is 18.4. The van der Waals surface area contributed by atoms with Crippen LogP contribution in [0.2, 0.25) is 0 Å². The lowest BCUT2D eigenvalue weighted by atomic mass is 9.93. The molecule has 2 aromatic heterocycles. The number of anilines is 2. The fraction of sp³-hybridized carbons (Fsp3) is 0.522. The van der Waals surface area contributed by atoms with Gasteiger partial charge in [-0.1, -0.05) is 0 Å². The van der Waals surface area contributed by atoms with Gasteiger partial charge in [-0.3, -0.25) is 4.90 Å². The molecule has 0 unspecified atom stereocenters. The van der Waals surface area contributed by atoms with Crippen molar-refractivity contribution in [3.05, 3.63) is 35.7 Å². The topological polar surface area (TPSA) is 109 Å². The zero-order chi connectivity index (χ0) is 22.1. The zero-order valence-electron chi connectivity index (χ0n) is 18.4. The second-order valence-corrected chi connectivity index (χ2v) is 8.72. The summed E-state index contributed by atoms with van der Waals surface area (Å²) < 4.78 is 7.62. The van der Waals surface area contributed by atoms with E-state index in [4.69, 9.17) is 9.72 Å². The van der Waals surface area contributed by atoms with Crippen molar-refractivity contribution in [2.24, 2.45) is 0 Å². The van der Waals surface area contributed by atoms with Gasteiger partial charge in [0.15, 0.2) is 5.65 Å². The Bertz CT molecular complexity index is 1090. The van der Waals surface area contributed by atoms with Gasteiger partial charge >= 0.3 is 0 Å². The minimum absolute atomic E-state index is 0.165. The number of aliphatic hydroxyl groups is 2. The van der Waals surface area contributed by atoms with Crippen LogP contribution in [0.3, 0.4) is 0 Å². The second-order valence-electron chi connectivity index (χ2n) is 8.72. The number of nitrogens with one attached hydrogen (secondary N) is 1. The molecule has 2 aliphatic rings. The van der Waals surface area contributed by atoms with Crippen molar-refractivity contribution in [2.75, 3.05) is 32.1 Å². The Kier molecular flexibility index (Phi) is 5.95. The van der Waals surface area contributed by atoms with Gasteiger partial charge in [-0.2, -0.15) is 10.1 Å². The third kappa shape index (κ3) is 4.15. The third-order valence-corrected chi connectivity index (χ3v) is 6.62. The first-order valence-corrected chi connectivity index (χ1v) is 11.3. The number of nitrogens with zero attached hydrogens (tertiary/aromatic N) is 5. The molecule has 9 heteroatoms. The van der Waals surface area contributed by atoms with E-state index in [1.54, 1.807) is 19.5 Å². The van der Waals surface area contributed by atoms with Crippen molar-refractivity contribution in [2.45, 2.75) is 50.8 Å². The van der Waals surface area contributed by atoms with E-state index in [-0.39, 0.29) is 18.8 Å². The highest BCUT2D eigenvalue weighted by Crippen LogP contribution is 2.34. The number of hydrogen-bond donors (Lipinski definition) is 3. The fourth-order valence-electron chi connectivity index (χ4n) is 4.83. The highest BCUT2D eigenvalue weighted by Gasteiger charge is 2.24. The Morgan fingerprint density at radius 2 is 2.00 bits per heavy atom. The molecule has 3 heterocycles. The minimum Gasteiger partial charge on any atom is -0.495 e. The van der Waals surface area contributed by atoms with E-state index in [1.165, 1.54) is 11.1 Å². The van der Waals surface area contributed by atoms with Gasteiger partial charge < -0.3 is 20.3 Å². The first-order chi connectivity index (χ1) is 15.6. The molecule has 3 aromatic rings. The highest BCUT2D eigenvalue weighted by molar-refractivity contribution is 5.76. The Balaban J connectivity index is 1.43. The van der Waals surface area contributed by atoms with Crippen LogP contribution in [0.25, 0.3) is 11.0 Å². The summed E-state index contributed by atoms with van der Waals surface area (Å²) in [7, 11) is 1.67. The number of β-amino-alcohol motifs (C(OH)–C–C–N with tert-alkyl or cyclic N) is 1. The molecule has 5 rings (SSSR count). The summed E-state index contributed by atoms with van der Waals surface area (Å²) in [6.45, 7) is 2.58. The van der Waals surface area contributed by atoms with Crippen LogP contribution >= 0.6 is 0 Å². The predicted molar refractivity (Wildman–Crippen MR) is 121 cm³/mol. The lowest BCUT2D eigenvalue weighted by molar-refractivity contribution is 0.109. The molecule has 0 saturated heterocycles. The first-order valence-electron chi connectivity index (χ1n) is 11.3. The van der Waals surface area contributed by atoms with Crippen molar-refractivity contribution in [1.29, 1.82) is 0 Å². The van der Waals surface area contributed by atoms with Crippen molar-refractivity contribution in [3.63, 3.8) is 0 Å². The molecule has 0 atom stereocenters. The summed E-state index contributed by atoms with van der Waals surface area (Å²) in [6, 6.07) is 4.43. The number of benzene rings is 1. The summed E-state index contributed by atoms with van der Waals surface area (Å²) in [5, 5.41) is 27.9. The quantitative estimate of drug-likeness (QED) is 0.538. The number of rotatable bonds is 6. The summed E-state index contributed by atoms with van der Waals surface area (Å²) in [5.74, 6) is 1.26. The van der Waals surface area contributed by atoms with Crippen molar-refractivity contribution >= 4 is 22.7 Å². The van der Waals surface area contributed by atoms with Crippen LogP contribution < -0.4 is 10.1 Å². The van der Waals surface area contributed by atoms with Crippen molar-refractivity contribution in [1.82, 2.24) is 24.6 Å². The van der Waals surface area contributed by atoms with Gasteiger partial charge in [0.2, 0.25) is 5.95 Å². The SMILES string of the molecule is COc1cc2c(cc1Nc1ncc3cnn([C@H]4CC[C@H](O)CC4)c3n1)CN(CCO)CC2. The van der Waals surface area contributed by atoms with Gasteiger partial charge in [-0.05, 0) is 55.4 Å². The number of hydrogen-bond acceptors (Lipinski definition) is 8. The van der Waals surface area contributed by atoms with Gasteiger partial charge in [0.05, 0.1) is 43.1 Å². The predicted octanol–water partition coefficient (Wildman–Crippen LogP) is 2.40. The second kappa shape index (κ2) is 9.01. The number of methoxy groups -OCH3 is 1. The highest BCUT2D eigenvalue weighted by atomic mass is 16.5. The smallest absolute Gasteiger partial charge is 0.229 e. The molecule has 0 radical (unpaired) electrons. The van der Waals surface area contributed by atoms with E-state index in [2.05, 4.69) is 32.4 Å². The van der Waals surface area contributed by atoms with Gasteiger partial charge in [0.25, 0.3) is 0 Å². The number of fused-ring (bicyclic) bond motifs is 2. The Morgan fingerprint density at radius 3 is 2.78 bits per heavy atom. The van der Waals surface area contributed by atoms with E-state index >= 15 is 0 Å². The molecule has 170 valence electrons. The third-order valence-electron chi connectivity index (χ3n) is 6.62. The maximum atomic E-state index is 9.83. The van der Waals surface area contributed by atoms with E-state index < -0.39 is 0 Å². The van der Waals surface area contributed by atoms with Gasteiger partial charge in [-0.25, -0.2) is 9.67 Å². The fourth-order valence-corrected chi connectivity index (χ4v) is 4.83. The monoisotopic (exact) mass is 438 g/mol. The average molecular weight is 439 g/mol. The summed E-state index contributed by atoms with van der Waals surface area (Å²) in [5.41, 5.74) is 4.12. The molecule has 0 spiro atoms.